The molecule has 0 bridgehead atoms. The molecule has 4 aromatic rings. The van der Waals surface area contributed by atoms with Crippen LogP contribution in [-0.4, -0.2) is 4.98 Å². The normalized spacial score (nSPS) is 11.6. The molecule has 0 atom stereocenters. The Morgan fingerprint density at radius 2 is 1.40 bits per heavy atom. The topological polar surface area (TPSA) is 12.9 Å². The van der Waals surface area contributed by atoms with Crippen LogP contribution >= 0.6 is 0 Å². The minimum absolute atomic E-state index is 0.0537. The van der Waals surface area contributed by atoms with E-state index >= 15 is 0 Å². The highest BCUT2D eigenvalue weighted by molar-refractivity contribution is 5.94. The average molecular weight is 323 g/mol. The number of fused-ring (bicyclic) bond motifs is 1. The van der Waals surface area contributed by atoms with Crippen LogP contribution in [0.4, 0.5) is 0 Å². The first-order valence-electron chi connectivity index (χ1n) is 8.66. The summed E-state index contributed by atoms with van der Waals surface area (Å²) in [4.78, 5) is 4.67. The summed E-state index contributed by atoms with van der Waals surface area (Å²) < 4.78 is 0. The number of pyridine rings is 1. The van der Waals surface area contributed by atoms with Crippen molar-refractivity contribution in [1.82, 2.24) is 4.98 Å². The monoisotopic (exact) mass is 323 g/mol. The van der Waals surface area contributed by atoms with Gasteiger partial charge >= 0.3 is 0 Å². The third-order valence-corrected chi connectivity index (χ3v) is 5.03. The molecule has 122 valence electrons. The maximum absolute atomic E-state index is 4.67. The second kappa shape index (κ2) is 6.18. The fourth-order valence-corrected chi connectivity index (χ4v) is 3.43. The van der Waals surface area contributed by atoms with Crippen LogP contribution in [0, 0.1) is 0 Å². The van der Waals surface area contributed by atoms with Gasteiger partial charge in [0.15, 0.2) is 0 Å². The maximum atomic E-state index is 4.67. The molecule has 0 radical (unpaired) electrons. The summed E-state index contributed by atoms with van der Waals surface area (Å²) in [5.41, 5.74) is 4.77. The number of aromatic nitrogens is 1. The lowest BCUT2D eigenvalue weighted by Crippen LogP contribution is -2.18. The number of hydrogen-bond donors (Lipinski definition) is 0. The van der Waals surface area contributed by atoms with Crippen molar-refractivity contribution in [2.24, 2.45) is 0 Å². The lowest BCUT2D eigenvalue weighted by Gasteiger charge is -2.26. The van der Waals surface area contributed by atoms with Gasteiger partial charge in [0.2, 0.25) is 0 Å². The Kier molecular flexibility index (Phi) is 3.85. The Labute approximate surface area is 149 Å². The molecular formula is C24H21N. The number of rotatable bonds is 3. The highest BCUT2D eigenvalue weighted by atomic mass is 14.7. The van der Waals surface area contributed by atoms with E-state index in [-0.39, 0.29) is 5.41 Å². The molecule has 0 N–H and O–H groups in total. The molecule has 0 saturated carbocycles. The molecule has 1 nitrogen and oxygen atoms in total. The van der Waals surface area contributed by atoms with E-state index in [0.29, 0.717) is 0 Å². The molecule has 0 amide bonds. The maximum Gasteiger partial charge on any atom is 0.0780 e. The van der Waals surface area contributed by atoms with Crippen LogP contribution < -0.4 is 0 Å². The SMILES string of the molecule is CC(C)(c1ccccc1)c1cccc(-c2nccc3ccccc23)c1. The molecule has 0 aliphatic carbocycles. The quantitative estimate of drug-likeness (QED) is 0.435. The standard InChI is InChI=1S/C24H21N/c1-24(2,20-11-4-3-5-12-20)21-13-8-10-19(17-21)23-22-14-7-6-9-18(22)15-16-25-23/h3-17H,1-2H3. The minimum Gasteiger partial charge on any atom is -0.256 e. The van der Waals surface area contributed by atoms with Gasteiger partial charge in [0.25, 0.3) is 0 Å². The van der Waals surface area contributed by atoms with Crippen molar-refractivity contribution in [2.75, 3.05) is 0 Å². The average Bonchev–Trinajstić information content (AvgIpc) is 2.68. The lowest BCUT2D eigenvalue weighted by atomic mass is 9.77. The summed E-state index contributed by atoms with van der Waals surface area (Å²) in [5, 5.41) is 2.42. The zero-order chi connectivity index (χ0) is 17.3. The predicted octanol–water partition coefficient (Wildman–Crippen LogP) is 6.23. The van der Waals surface area contributed by atoms with Crippen LogP contribution in [0.15, 0.2) is 91.1 Å². The zero-order valence-electron chi connectivity index (χ0n) is 14.6. The molecule has 0 aliphatic rings. The number of hydrogen-bond acceptors (Lipinski definition) is 1. The van der Waals surface area contributed by atoms with Crippen LogP contribution in [0.5, 0.6) is 0 Å². The minimum atomic E-state index is -0.0537. The summed E-state index contributed by atoms with van der Waals surface area (Å²) in [6.45, 7) is 4.55. The zero-order valence-corrected chi connectivity index (χ0v) is 14.6. The van der Waals surface area contributed by atoms with E-state index in [9.17, 15) is 0 Å². The first kappa shape index (κ1) is 15.6. The fourth-order valence-electron chi connectivity index (χ4n) is 3.43. The molecule has 1 aromatic heterocycles. The molecule has 25 heavy (non-hydrogen) atoms. The first-order chi connectivity index (χ1) is 12.2. The number of nitrogens with zero attached hydrogens (tertiary/aromatic N) is 1. The largest absolute Gasteiger partial charge is 0.256 e. The lowest BCUT2D eigenvalue weighted by molar-refractivity contribution is 0.641. The van der Waals surface area contributed by atoms with Gasteiger partial charge in [0, 0.05) is 22.6 Å². The van der Waals surface area contributed by atoms with Crippen LogP contribution in [-0.2, 0) is 5.41 Å². The van der Waals surface area contributed by atoms with E-state index in [1.807, 2.05) is 6.20 Å². The van der Waals surface area contributed by atoms with E-state index in [0.717, 1.165) is 5.69 Å². The molecule has 3 aromatic carbocycles. The third kappa shape index (κ3) is 2.83. The van der Waals surface area contributed by atoms with E-state index < -0.39 is 0 Å². The first-order valence-corrected chi connectivity index (χ1v) is 8.66. The molecule has 0 spiro atoms. The molecule has 0 unspecified atom stereocenters. The van der Waals surface area contributed by atoms with Crippen molar-refractivity contribution in [2.45, 2.75) is 19.3 Å². The van der Waals surface area contributed by atoms with Gasteiger partial charge in [-0.25, -0.2) is 0 Å². The van der Waals surface area contributed by atoms with Crippen LogP contribution in [0.3, 0.4) is 0 Å². The second-order valence-electron chi connectivity index (χ2n) is 6.95. The van der Waals surface area contributed by atoms with Crippen molar-refractivity contribution >= 4 is 10.8 Å². The molecule has 1 heterocycles. The van der Waals surface area contributed by atoms with Gasteiger partial charge in [-0.15, -0.1) is 0 Å². The molecule has 0 fully saturated rings. The van der Waals surface area contributed by atoms with Crippen molar-refractivity contribution in [3.05, 3.63) is 102 Å². The summed E-state index contributed by atoms with van der Waals surface area (Å²) in [6.07, 6.45) is 1.90. The molecule has 1 heteroatoms. The van der Waals surface area contributed by atoms with E-state index in [4.69, 9.17) is 0 Å². The van der Waals surface area contributed by atoms with Gasteiger partial charge in [-0.1, -0.05) is 86.6 Å². The van der Waals surface area contributed by atoms with E-state index in [1.54, 1.807) is 0 Å². The van der Waals surface area contributed by atoms with E-state index in [1.165, 1.54) is 27.5 Å². The van der Waals surface area contributed by atoms with Crippen molar-refractivity contribution in [3.8, 4) is 11.3 Å². The Morgan fingerprint density at radius 3 is 2.24 bits per heavy atom. The Balaban J connectivity index is 1.85. The smallest absolute Gasteiger partial charge is 0.0780 e. The molecule has 0 saturated heterocycles. The van der Waals surface area contributed by atoms with Crippen molar-refractivity contribution in [3.63, 3.8) is 0 Å². The number of benzene rings is 3. The van der Waals surface area contributed by atoms with Crippen LogP contribution in [0.2, 0.25) is 0 Å². The van der Waals surface area contributed by atoms with E-state index in [2.05, 4.69) is 104 Å². The van der Waals surface area contributed by atoms with Crippen LogP contribution in [0.1, 0.15) is 25.0 Å². The second-order valence-corrected chi connectivity index (χ2v) is 6.95. The molecule has 0 aliphatic heterocycles. The summed E-state index contributed by atoms with van der Waals surface area (Å²) >= 11 is 0. The van der Waals surface area contributed by atoms with Crippen molar-refractivity contribution < 1.29 is 0 Å². The van der Waals surface area contributed by atoms with Gasteiger partial charge in [-0.3, -0.25) is 4.98 Å². The van der Waals surface area contributed by atoms with Crippen molar-refractivity contribution in [1.29, 1.82) is 0 Å². The summed E-state index contributed by atoms with van der Waals surface area (Å²) in [7, 11) is 0. The van der Waals surface area contributed by atoms with Gasteiger partial charge in [-0.2, -0.15) is 0 Å². The van der Waals surface area contributed by atoms with Gasteiger partial charge < -0.3 is 0 Å². The molecular weight excluding hydrogens is 302 g/mol. The Hall–Kier alpha value is -2.93. The Bertz CT molecular complexity index is 1010. The summed E-state index contributed by atoms with van der Waals surface area (Å²) in [6, 6.07) is 29.9. The third-order valence-electron chi connectivity index (χ3n) is 5.03. The highest BCUT2D eigenvalue weighted by Gasteiger charge is 2.23. The predicted molar refractivity (Wildman–Crippen MR) is 106 cm³/mol. The highest BCUT2D eigenvalue weighted by Crippen LogP contribution is 2.34. The van der Waals surface area contributed by atoms with Gasteiger partial charge in [0.1, 0.15) is 0 Å². The Morgan fingerprint density at radius 1 is 0.680 bits per heavy atom. The van der Waals surface area contributed by atoms with Gasteiger partial charge in [0.05, 0.1) is 5.69 Å². The van der Waals surface area contributed by atoms with Crippen LogP contribution in [0.25, 0.3) is 22.0 Å². The fraction of sp³-hybridized carbons (Fsp3) is 0.125. The molecule has 4 rings (SSSR count). The van der Waals surface area contributed by atoms with Gasteiger partial charge in [-0.05, 0) is 28.6 Å². The summed E-state index contributed by atoms with van der Waals surface area (Å²) in [5.74, 6) is 0.